The molecule has 0 saturated carbocycles. The van der Waals surface area contributed by atoms with Gasteiger partial charge in [-0.15, -0.1) is 0 Å². The molecule has 4 rings (SSSR count). The Balaban J connectivity index is 1.62. The summed E-state index contributed by atoms with van der Waals surface area (Å²) in [7, 11) is 0. The van der Waals surface area contributed by atoms with E-state index in [4.69, 9.17) is 28.2 Å². The second-order valence-corrected chi connectivity index (χ2v) is 8.28. The standard InChI is InChI=1S/C21H11ClFNO4S2/c22-16-6-4-11(8-15(16)20(26)27)17-7-5-14(28-17)10-18-19(25)24(21(29)30-18)13-3-1-2-12(23)9-13/h1-10H,(H,26,27). The van der Waals surface area contributed by atoms with Crippen LogP contribution in [0, 0.1) is 5.82 Å². The number of rotatable bonds is 4. The molecule has 0 spiro atoms. The number of halogens is 2. The van der Waals surface area contributed by atoms with E-state index in [1.165, 1.54) is 41.3 Å². The van der Waals surface area contributed by atoms with Gasteiger partial charge < -0.3 is 9.52 Å². The number of carboxylic acid groups (broad SMARTS) is 1. The minimum atomic E-state index is -1.14. The van der Waals surface area contributed by atoms with Gasteiger partial charge >= 0.3 is 5.97 Å². The minimum absolute atomic E-state index is 0.0388. The molecule has 150 valence electrons. The number of anilines is 1. The first-order valence-electron chi connectivity index (χ1n) is 8.50. The number of amides is 1. The quantitative estimate of drug-likeness (QED) is 0.390. The van der Waals surface area contributed by atoms with Crippen LogP contribution >= 0.6 is 35.6 Å². The van der Waals surface area contributed by atoms with Gasteiger partial charge in [-0.2, -0.15) is 0 Å². The van der Waals surface area contributed by atoms with E-state index < -0.39 is 11.8 Å². The van der Waals surface area contributed by atoms with Gasteiger partial charge in [-0.1, -0.05) is 41.6 Å². The van der Waals surface area contributed by atoms with Crippen LogP contribution in [0.25, 0.3) is 17.4 Å². The molecule has 9 heteroatoms. The second-order valence-electron chi connectivity index (χ2n) is 6.20. The van der Waals surface area contributed by atoms with Crippen LogP contribution in [0.15, 0.2) is 63.9 Å². The van der Waals surface area contributed by atoms with Crippen LogP contribution in [0.5, 0.6) is 0 Å². The molecule has 5 nitrogen and oxygen atoms in total. The molecule has 2 heterocycles. The van der Waals surface area contributed by atoms with E-state index in [-0.39, 0.29) is 20.8 Å². The van der Waals surface area contributed by atoms with Crippen LogP contribution in [-0.4, -0.2) is 21.3 Å². The molecular formula is C21H11ClFNO4S2. The van der Waals surface area contributed by atoms with Crippen molar-refractivity contribution in [3.05, 3.63) is 81.7 Å². The number of carbonyl (C=O) groups excluding carboxylic acids is 1. The van der Waals surface area contributed by atoms with E-state index >= 15 is 0 Å². The molecule has 0 radical (unpaired) electrons. The average Bonchev–Trinajstić information content (AvgIpc) is 3.26. The van der Waals surface area contributed by atoms with Crippen molar-refractivity contribution in [1.82, 2.24) is 0 Å². The van der Waals surface area contributed by atoms with Crippen molar-refractivity contribution in [3.8, 4) is 11.3 Å². The van der Waals surface area contributed by atoms with Crippen molar-refractivity contribution in [2.45, 2.75) is 0 Å². The molecule has 1 aliphatic rings. The van der Waals surface area contributed by atoms with Crippen LogP contribution in [0.2, 0.25) is 5.02 Å². The van der Waals surface area contributed by atoms with Crippen molar-refractivity contribution in [3.63, 3.8) is 0 Å². The molecule has 1 saturated heterocycles. The summed E-state index contributed by atoms with van der Waals surface area (Å²) in [5, 5.41) is 9.34. The highest BCUT2D eigenvalue weighted by Crippen LogP contribution is 2.37. The van der Waals surface area contributed by atoms with Crippen molar-refractivity contribution in [2.75, 3.05) is 4.90 Å². The molecule has 30 heavy (non-hydrogen) atoms. The lowest BCUT2D eigenvalue weighted by molar-refractivity contribution is -0.113. The first-order valence-corrected chi connectivity index (χ1v) is 10.1. The fraction of sp³-hybridized carbons (Fsp3) is 0. The number of thioether (sulfide) groups is 1. The molecule has 0 atom stereocenters. The van der Waals surface area contributed by atoms with Gasteiger partial charge in [0, 0.05) is 11.6 Å². The zero-order valence-electron chi connectivity index (χ0n) is 15.0. The molecule has 1 N–H and O–H groups in total. The third-order valence-corrected chi connectivity index (χ3v) is 5.87. The van der Waals surface area contributed by atoms with Gasteiger partial charge in [0.15, 0.2) is 4.32 Å². The van der Waals surface area contributed by atoms with Crippen molar-refractivity contribution in [1.29, 1.82) is 0 Å². The summed E-state index contributed by atoms with van der Waals surface area (Å²) in [5.74, 6) is -1.19. The molecule has 1 aliphatic heterocycles. The molecule has 1 amide bonds. The molecule has 2 aromatic carbocycles. The Kier molecular flexibility index (Phi) is 5.46. The monoisotopic (exact) mass is 459 g/mol. The summed E-state index contributed by atoms with van der Waals surface area (Å²) in [6.45, 7) is 0. The highest BCUT2D eigenvalue weighted by Gasteiger charge is 2.33. The summed E-state index contributed by atoms with van der Waals surface area (Å²) >= 11 is 12.3. The summed E-state index contributed by atoms with van der Waals surface area (Å²) in [4.78, 5) is 25.6. The normalized spacial score (nSPS) is 15.3. The molecular weight excluding hydrogens is 449 g/mol. The zero-order valence-corrected chi connectivity index (χ0v) is 17.4. The molecule has 0 aliphatic carbocycles. The maximum absolute atomic E-state index is 13.5. The molecule has 1 fully saturated rings. The number of aromatic carboxylic acids is 1. The fourth-order valence-corrected chi connectivity index (χ4v) is 4.34. The second kappa shape index (κ2) is 8.06. The van der Waals surface area contributed by atoms with Crippen LogP contribution in [0.1, 0.15) is 16.1 Å². The molecule has 1 aromatic heterocycles. The van der Waals surface area contributed by atoms with Gasteiger partial charge in [-0.25, -0.2) is 9.18 Å². The lowest BCUT2D eigenvalue weighted by Crippen LogP contribution is -2.27. The van der Waals surface area contributed by atoms with E-state index in [1.54, 1.807) is 24.3 Å². The predicted octanol–water partition coefficient (Wildman–Crippen LogP) is 5.84. The van der Waals surface area contributed by atoms with Crippen LogP contribution in [-0.2, 0) is 4.79 Å². The lowest BCUT2D eigenvalue weighted by Gasteiger charge is -2.14. The van der Waals surface area contributed by atoms with Gasteiger partial charge in [-0.3, -0.25) is 9.69 Å². The van der Waals surface area contributed by atoms with Gasteiger partial charge in [0.1, 0.15) is 17.3 Å². The SMILES string of the molecule is O=C(O)c1cc(-c2ccc(C=C3SC(=S)N(c4cccc(F)c4)C3=O)o2)ccc1Cl. The minimum Gasteiger partial charge on any atom is -0.478 e. The maximum atomic E-state index is 13.5. The number of hydrogen-bond donors (Lipinski definition) is 1. The van der Waals surface area contributed by atoms with Gasteiger partial charge in [0.05, 0.1) is 21.2 Å². The summed E-state index contributed by atoms with van der Waals surface area (Å²) in [6, 6.07) is 13.5. The number of carbonyl (C=O) groups is 2. The topological polar surface area (TPSA) is 70.8 Å². The van der Waals surface area contributed by atoms with E-state index in [1.807, 2.05) is 0 Å². The van der Waals surface area contributed by atoms with Crippen LogP contribution in [0.4, 0.5) is 10.1 Å². The van der Waals surface area contributed by atoms with Crippen LogP contribution in [0.3, 0.4) is 0 Å². The fourth-order valence-electron chi connectivity index (χ4n) is 2.86. The first-order chi connectivity index (χ1) is 14.3. The average molecular weight is 460 g/mol. The Morgan fingerprint density at radius 2 is 2.00 bits per heavy atom. The largest absolute Gasteiger partial charge is 0.478 e. The number of carboxylic acids is 1. The van der Waals surface area contributed by atoms with E-state index in [0.717, 1.165) is 11.8 Å². The maximum Gasteiger partial charge on any atom is 0.337 e. The van der Waals surface area contributed by atoms with Gasteiger partial charge in [0.25, 0.3) is 5.91 Å². The van der Waals surface area contributed by atoms with Crippen LogP contribution < -0.4 is 4.90 Å². The number of thiocarbonyl (C=S) groups is 1. The number of benzene rings is 2. The van der Waals surface area contributed by atoms with E-state index in [9.17, 15) is 19.1 Å². The third kappa shape index (κ3) is 3.89. The Bertz CT molecular complexity index is 1240. The molecule has 0 bridgehead atoms. The smallest absolute Gasteiger partial charge is 0.337 e. The molecule has 0 unspecified atom stereocenters. The van der Waals surface area contributed by atoms with E-state index in [2.05, 4.69) is 0 Å². The number of hydrogen-bond acceptors (Lipinski definition) is 5. The predicted molar refractivity (Wildman–Crippen MR) is 118 cm³/mol. The zero-order chi connectivity index (χ0) is 21.4. The highest BCUT2D eigenvalue weighted by atomic mass is 35.5. The van der Waals surface area contributed by atoms with Crippen molar-refractivity contribution in [2.24, 2.45) is 0 Å². The summed E-state index contributed by atoms with van der Waals surface area (Å²) in [6.07, 6.45) is 1.54. The lowest BCUT2D eigenvalue weighted by atomic mass is 10.1. The first kappa shape index (κ1) is 20.3. The number of furan rings is 1. The molecule has 3 aromatic rings. The number of nitrogens with zero attached hydrogens (tertiary/aromatic N) is 1. The third-order valence-electron chi connectivity index (χ3n) is 4.24. The summed E-state index contributed by atoms with van der Waals surface area (Å²) < 4.78 is 19.6. The highest BCUT2D eigenvalue weighted by molar-refractivity contribution is 8.27. The Hall–Kier alpha value is -2.94. The Morgan fingerprint density at radius 3 is 2.73 bits per heavy atom. The Morgan fingerprint density at radius 1 is 1.20 bits per heavy atom. The van der Waals surface area contributed by atoms with Gasteiger partial charge in [0.2, 0.25) is 0 Å². The summed E-state index contributed by atoms with van der Waals surface area (Å²) in [5.41, 5.74) is 0.843. The Labute approximate surface area is 184 Å². The van der Waals surface area contributed by atoms with E-state index in [0.29, 0.717) is 27.7 Å². The van der Waals surface area contributed by atoms with Crippen molar-refractivity contribution >= 4 is 63.5 Å². The van der Waals surface area contributed by atoms with Crippen molar-refractivity contribution < 1.29 is 23.5 Å². The van der Waals surface area contributed by atoms with Gasteiger partial charge in [-0.05, 0) is 48.5 Å².